The van der Waals surface area contributed by atoms with Crippen LogP contribution in [0.25, 0.3) is 0 Å². The zero-order valence-electron chi connectivity index (χ0n) is 21.0. The molecule has 0 bridgehead atoms. The van der Waals surface area contributed by atoms with Crippen molar-refractivity contribution in [3.8, 4) is 5.75 Å². The molecule has 0 aliphatic heterocycles. The van der Waals surface area contributed by atoms with E-state index < -0.39 is 63.7 Å². The number of alkyl carbamates (subject to hydrolysis) is 1. The lowest BCUT2D eigenvalue weighted by atomic mass is 9.89. The van der Waals surface area contributed by atoms with Gasteiger partial charge in [0.15, 0.2) is 0 Å². The fourth-order valence-electron chi connectivity index (χ4n) is 3.54. The van der Waals surface area contributed by atoms with Crippen molar-refractivity contribution in [3.05, 3.63) is 54.1 Å². The number of rotatable bonds is 12. The smallest absolute Gasteiger partial charge is 0.407 e. The second-order valence-corrected chi connectivity index (χ2v) is 10.8. The Balaban J connectivity index is 2.28. The van der Waals surface area contributed by atoms with Gasteiger partial charge >= 0.3 is 6.09 Å². The molecule has 4 atom stereocenters. The number of aliphatic hydroxyl groups is 1. The van der Waals surface area contributed by atoms with Crippen molar-refractivity contribution >= 4 is 33.7 Å². The quantitative estimate of drug-likeness (QED) is 0.205. The molecule has 1 aromatic carbocycles. The molecule has 4 amide bonds. The summed E-state index contributed by atoms with van der Waals surface area (Å²) in [6.07, 6.45) is -0.423. The summed E-state index contributed by atoms with van der Waals surface area (Å²) in [4.78, 5) is 49.7. The van der Waals surface area contributed by atoms with Crippen molar-refractivity contribution in [1.29, 1.82) is 0 Å². The van der Waals surface area contributed by atoms with E-state index in [0.717, 1.165) is 6.26 Å². The van der Waals surface area contributed by atoms with Gasteiger partial charge in [0.2, 0.25) is 11.8 Å². The van der Waals surface area contributed by atoms with Crippen LogP contribution in [0.1, 0.15) is 23.2 Å². The van der Waals surface area contributed by atoms with Gasteiger partial charge in [0.25, 0.3) is 5.91 Å². The maximum Gasteiger partial charge on any atom is 0.407 e. The Bertz CT molecular complexity index is 1180. The molecule has 38 heavy (non-hydrogen) atoms. The van der Waals surface area contributed by atoms with E-state index in [9.17, 15) is 32.7 Å². The first-order chi connectivity index (χ1) is 17.8. The average Bonchev–Trinajstić information content (AvgIpc) is 2.86. The van der Waals surface area contributed by atoms with Gasteiger partial charge in [0, 0.05) is 30.4 Å². The summed E-state index contributed by atoms with van der Waals surface area (Å²) in [6, 6.07) is 3.66. The number of amides is 4. The zero-order valence-corrected chi connectivity index (χ0v) is 21.8. The summed E-state index contributed by atoms with van der Waals surface area (Å²) < 4.78 is 33.3. The molecule has 6 N–H and O–H groups in total. The van der Waals surface area contributed by atoms with Crippen LogP contribution in [0.5, 0.6) is 5.75 Å². The average molecular weight is 553 g/mol. The molecule has 0 spiro atoms. The van der Waals surface area contributed by atoms with Crippen LogP contribution in [-0.4, -0.2) is 87.3 Å². The van der Waals surface area contributed by atoms with E-state index in [2.05, 4.69) is 22.5 Å². The van der Waals surface area contributed by atoms with Gasteiger partial charge in [-0.05, 0) is 30.7 Å². The van der Waals surface area contributed by atoms with Gasteiger partial charge < -0.3 is 36.3 Å². The number of hydrogen-bond donors (Lipinski definition) is 5. The Morgan fingerprint density at radius 1 is 1.21 bits per heavy atom. The predicted octanol–water partition coefficient (Wildman–Crippen LogP) is -0.830. The molecular weight excluding hydrogens is 520 g/mol. The molecule has 14 heteroatoms. The second-order valence-electron chi connectivity index (χ2n) is 8.57. The fourth-order valence-corrected chi connectivity index (χ4v) is 4.20. The molecule has 0 radical (unpaired) electrons. The Morgan fingerprint density at radius 2 is 1.87 bits per heavy atom. The number of primary amides is 1. The number of benzene rings is 1. The highest BCUT2D eigenvalue weighted by atomic mass is 32.2. The van der Waals surface area contributed by atoms with Crippen molar-refractivity contribution in [2.24, 2.45) is 5.73 Å². The standard InChI is InChI=1S/C24H32N4O9S/c1-4-10-26-24(33)37-19-13-15(23(32)27-17(21(25)30)9-11-38(3,34)35)12-18(20(19)29)28-22(31)14-5-7-16(36-2)8-6-14/h4-8,12,17-20,29H,1,9-11,13H2,2-3H3,(H2,25,30)(H,26,33)(H,27,32)(H,28,31). The molecule has 0 aromatic heterocycles. The van der Waals surface area contributed by atoms with Crippen LogP contribution < -0.4 is 26.4 Å². The second kappa shape index (κ2) is 13.6. The minimum atomic E-state index is -3.44. The van der Waals surface area contributed by atoms with E-state index in [1.54, 1.807) is 12.1 Å². The highest BCUT2D eigenvalue weighted by molar-refractivity contribution is 7.90. The van der Waals surface area contributed by atoms with E-state index in [-0.39, 0.29) is 30.5 Å². The van der Waals surface area contributed by atoms with Crippen molar-refractivity contribution in [2.45, 2.75) is 37.1 Å². The number of aliphatic hydroxyl groups excluding tert-OH is 1. The Morgan fingerprint density at radius 3 is 2.42 bits per heavy atom. The van der Waals surface area contributed by atoms with Crippen molar-refractivity contribution in [3.63, 3.8) is 0 Å². The predicted molar refractivity (Wildman–Crippen MR) is 137 cm³/mol. The highest BCUT2D eigenvalue weighted by Gasteiger charge is 2.38. The van der Waals surface area contributed by atoms with E-state index in [1.165, 1.54) is 31.4 Å². The van der Waals surface area contributed by atoms with Crippen molar-refractivity contribution in [1.82, 2.24) is 16.0 Å². The molecule has 0 fully saturated rings. The molecule has 0 saturated heterocycles. The van der Waals surface area contributed by atoms with E-state index in [0.29, 0.717) is 5.75 Å². The van der Waals surface area contributed by atoms with Crippen LogP contribution in [0, 0.1) is 0 Å². The molecule has 0 saturated carbocycles. The van der Waals surface area contributed by atoms with E-state index in [4.69, 9.17) is 15.2 Å². The lowest BCUT2D eigenvalue weighted by molar-refractivity contribution is -0.125. The largest absolute Gasteiger partial charge is 0.497 e. The van der Waals surface area contributed by atoms with Gasteiger partial charge in [-0.3, -0.25) is 14.4 Å². The minimum Gasteiger partial charge on any atom is -0.497 e. The van der Waals surface area contributed by atoms with Crippen LogP contribution in [0.3, 0.4) is 0 Å². The lowest BCUT2D eigenvalue weighted by Gasteiger charge is -2.33. The van der Waals surface area contributed by atoms with Gasteiger partial charge in [-0.2, -0.15) is 0 Å². The number of carbonyl (C=O) groups excluding carboxylic acids is 4. The Labute approximate surface area is 220 Å². The summed E-state index contributed by atoms with van der Waals surface area (Å²) in [5, 5.41) is 18.2. The number of nitrogens with two attached hydrogens (primary N) is 1. The molecule has 13 nitrogen and oxygen atoms in total. The number of methoxy groups -OCH3 is 1. The monoisotopic (exact) mass is 552 g/mol. The molecule has 1 aliphatic rings. The summed E-state index contributed by atoms with van der Waals surface area (Å²) in [6.45, 7) is 3.56. The summed E-state index contributed by atoms with van der Waals surface area (Å²) >= 11 is 0. The first-order valence-electron chi connectivity index (χ1n) is 11.5. The SMILES string of the molecule is C=CCNC(=O)OC1CC(C(=O)NC(CCS(C)(=O)=O)C(N)=O)=CC(NC(=O)c2ccc(OC)cc2)C1O. The van der Waals surface area contributed by atoms with Crippen molar-refractivity contribution < 1.29 is 42.2 Å². The molecule has 2 rings (SSSR count). The van der Waals surface area contributed by atoms with Crippen LogP contribution in [0.15, 0.2) is 48.6 Å². The fraction of sp³-hybridized carbons (Fsp3) is 0.417. The molecular formula is C24H32N4O9S. The van der Waals surface area contributed by atoms with Crippen LogP contribution >= 0.6 is 0 Å². The maximum absolute atomic E-state index is 13.0. The highest BCUT2D eigenvalue weighted by Crippen LogP contribution is 2.24. The minimum absolute atomic E-state index is 0.0255. The number of hydrogen-bond acceptors (Lipinski definition) is 9. The number of carbonyl (C=O) groups is 4. The van der Waals surface area contributed by atoms with Gasteiger partial charge in [-0.15, -0.1) is 6.58 Å². The first kappa shape index (κ1) is 30.3. The third-order valence-electron chi connectivity index (χ3n) is 5.57. The van der Waals surface area contributed by atoms with Crippen LogP contribution in [0.2, 0.25) is 0 Å². The first-order valence-corrected chi connectivity index (χ1v) is 13.6. The Hall–Kier alpha value is -3.91. The van der Waals surface area contributed by atoms with Crippen LogP contribution in [-0.2, 0) is 24.2 Å². The van der Waals surface area contributed by atoms with E-state index >= 15 is 0 Å². The number of ether oxygens (including phenoxy) is 2. The topological polar surface area (TPSA) is 203 Å². The molecule has 208 valence electrons. The lowest BCUT2D eigenvalue weighted by Crippen LogP contribution is -2.53. The van der Waals surface area contributed by atoms with Crippen LogP contribution in [0.4, 0.5) is 4.79 Å². The maximum atomic E-state index is 13.0. The molecule has 0 heterocycles. The van der Waals surface area contributed by atoms with Gasteiger partial charge in [-0.25, -0.2) is 13.2 Å². The third-order valence-corrected chi connectivity index (χ3v) is 6.54. The van der Waals surface area contributed by atoms with Gasteiger partial charge in [0.1, 0.15) is 33.8 Å². The number of nitrogens with one attached hydrogen (secondary N) is 3. The van der Waals surface area contributed by atoms with Gasteiger partial charge in [0.05, 0.1) is 18.9 Å². The molecule has 1 aliphatic carbocycles. The Kier molecular flexibility index (Phi) is 10.8. The summed E-state index contributed by atoms with van der Waals surface area (Å²) in [7, 11) is -1.96. The molecule has 4 unspecified atom stereocenters. The summed E-state index contributed by atoms with van der Waals surface area (Å²) in [5.74, 6) is -2.21. The molecule has 1 aromatic rings. The van der Waals surface area contributed by atoms with Gasteiger partial charge in [-0.1, -0.05) is 12.2 Å². The zero-order chi connectivity index (χ0) is 28.5. The van der Waals surface area contributed by atoms with E-state index in [1.807, 2.05) is 0 Å². The normalized spacial score (nSPS) is 19.8. The third kappa shape index (κ3) is 9.19. The number of sulfone groups is 1. The van der Waals surface area contributed by atoms with Crippen molar-refractivity contribution in [2.75, 3.05) is 25.7 Å². The summed E-state index contributed by atoms with van der Waals surface area (Å²) in [5.41, 5.74) is 5.53.